The third-order valence-corrected chi connectivity index (χ3v) is 4.12. The van der Waals surface area contributed by atoms with Crippen LogP contribution in [0.15, 0.2) is 42.5 Å². The van der Waals surface area contributed by atoms with Crippen LogP contribution in [0, 0.1) is 0 Å². The van der Waals surface area contributed by atoms with E-state index in [9.17, 15) is 4.79 Å². The van der Waals surface area contributed by atoms with Crippen molar-refractivity contribution < 1.29 is 9.53 Å². The molecule has 0 N–H and O–H groups in total. The highest BCUT2D eigenvalue weighted by molar-refractivity contribution is 6.76. The van der Waals surface area contributed by atoms with Gasteiger partial charge < -0.3 is 4.74 Å². The van der Waals surface area contributed by atoms with Gasteiger partial charge in [0.15, 0.2) is 0 Å². The minimum absolute atomic E-state index is 0.124. The minimum atomic E-state index is -0.997. The van der Waals surface area contributed by atoms with Crippen molar-refractivity contribution in [3.8, 4) is 0 Å². The van der Waals surface area contributed by atoms with E-state index < -0.39 is 8.07 Å². The van der Waals surface area contributed by atoms with Gasteiger partial charge in [0, 0.05) is 14.5 Å². The Bertz CT molecular complexity index is 405. The van der Waals surface area contributed by atoms with E-state index in [4.69, 9.17) is 4.74 Å². The van der Waals surface area contributed by atoms with Gasteiger partial charge in [-0.3, -0.25) is 4.79 Å². The first-order valence-corrected chi connectivity index (χ1v) is 10.5. The summed E-state index contributed by atoms with van der Waals surface area (Å²) < 4.78 is 5.21. The second-order valence-electron chi connectivity index (χ2n) is 5.92. The Morgan fingerprint density at radius 2 is 1.84 bits per heavy atom. The maximum Gasteiger partial charge on any atom is 0.306 e. The summed E-state index contributed by atoms with van der Waals surface area (Å²) in [5, 5.41) is 0. The van der Waals surface area contributed by atoms with Crippen molar-refractivity contribution >= 4 is 14.0 Å². The van der Waals surface area contributed by atoms with Crippen LogP contribution in [0.5, 0.6) is 0 Å². The van der Waals surface area contributed by atoms with Crippen LogP contribution >= 0.6 is 0 Å². The quantitative estimate of drug-likeness (QED) is 0.419. The Balaban J connectivity index is 2.15. The molecule has 0 aliphatic carbocycles. The predicted octanol–water partition coefficient (Wildman–Crippen LogP) is 4.40. The lowest BCUT2D eigenvalue weighted by Gasteiger charge is -2.11. The van der Waals surface area contributed by atoms with Gasteiger partial charge >= 0.3 is 5.97 Å². The summed E-state index contributed by atoms with van der Waals surface area (Å²) in [7, 11) is -0.997. The van der Waals surface area contributed by atoms with Gasteiger partial charge in [0.1, 0.15) is 6.61 Å². The molecule has 0 saturated heterocycles. The molecular formula is C16H24O2Si. The van der Waals surface area contributed by atoms with E-state index in [-0.39, 0.29) is 5.97 Å². The van der Waals surface area contributed by atoms with Crippen molar-refractivity contribution in [3.63, 3.8) is 0 Å². The maximum atomic E-state index is 11.5. The molecule has 104 valence electrons. The standard InChI is InChI=1S/C16H24O2Si/c1-19(2,3)13-9-5-8-12-16(17)18-14-15-10-6-4-7-11-15/h4-7,9-11H,8,12-14H2,1-3H3/b9-5+. The fourth-order valence-electron chi connectivity index (χ4n) is 1.57. The molecule has 1 aromatic carbocycles. The molecule has 1 rings (SSSR count). The Labute approximate surface area is 117 Å². The smallest absolute Gasteiger partial charge is 0.306 e. The van der Waals surface area contributed by atoms with Gasteiger partial charge in [-0.1, -0.05) is 62.1 Å². The number of hydrogen-bond acceptors (Lipinski definition) is 2. The number of hydrogen-bond donors (Lipinski definition) is 0. The molecule has 0 spiro atoms. The van der Waals surface area contributed by atoms with Gasteiger partial charge in [-0.15, -0.1) is 0 Å². The van der Waals surface area contributed by atoms with Crippen molar-refractivity contribution in [1.82, 2.24) is 0 Å². The number of rotatable bonds is 7. The Morgan fingerprint density at radius 1 is 1.16 bits per heavy atom. The highest BCUT2D eigenvalue weighted by atomic mass is 28.3. The monoisotopic (exact) mass is 276 g/mol. The molecule has 3 heteroatoms. The van der Waals surface area contributed by atoms with Crippen LogP contribution < -0.4 is 0 Å². The van der Waals surface area contributed by atoms with E-state index in [1.54, 1.807) is 0 Å². The van der Waals surface area contributed by atoms with Crippen LogP contribution in [0.25, 0.3) is 0 Å². The highest BCUT2D eigenvalue weighted by Gasteiger charge is 2.09. The van der Waals surface area contributed by atoms with E-state index in [2.05, 4.69) is 31.8 Å². The first kappa shape index (κ1) is 15.7. The van der Waals surface area contributed by atoms with Gasteiger partial charge in [0.05, 0.1) is 0 Å². The van der Waals surface area contributed by atoms with E-state index in [1.165, 1.54) is 6.04 Å². The third kappa shape index (κ3) is 8.38. The number of carbonyl (C=O) groups excluding carboxylic acids is 1. The van der Waals surface area contributed by atoms with Crippen LogP contribution in [-0.4, -0.2) is 14.0 Å². The van der Waals surface area contributed by atoms with Gasteiger partial charge in [0.2, 0.25) is 0 Å². The average molecular weight is 276 g/mol. The van der Waals surface area contributed by atoms with E-state index in [1.807, 2.05) is 30.3 Å². The van der Waals surface area contributed by atoms with Crippen molar-refractivity contribution in [2.24, 2.45) is 0 Å². The Kier molecular flexibility index (Phi) is 6.57. The van der Waals surface area contributed by atoms with Crippen LogP contribution in [0.2, 0.25) is 25.7 Å². The van der Waals surface area contributed by atoms with Crippen molar-refractivity contribution in [3.05, 3.63) is 48.0 Å². The highest BCUT2D eigenvalue weighted by Crippen LogP contribution is 2.09. The molecule has 0 aliphatic rings. The Morgan fingerprint density at radius 3 is 2.47 bits per heavy atom. The first-order chi connectivity index (χ1) is 8.97. The maximum absolute atomic E-state index is 11.5. The van der Waals surface area contributed by atoms with E-state index in [0.717, 1.165) is 12.0 Å². The molecule has 0 heterocycles. The molecule has 0 radical (unpaired) electrons. The summed E-state index contributed by atoms with van der Waals surface area (Å²) in [6.45, 7) is 7.39. The van der Waals surface area contributed by atoms with Crippen LogP contribution in [0.3, 0.4) is 0 Å². The van der Waals surface area contributed by atoms with Crippen LogP contribution in [0.4, 0.5) is 0 Å². The lowest BCUT2D eigenvalue weighted by molar-refractivity contribution is -0.144. The lowest BCUT2D eigenvalue weighted by Crippen LogP contribution is -2.17. The fraction of sp³-hybridized carbons (Fsp3) is 0.438. The summed E-state index contributed by atoms with van der Waals surface area (Å²) in [6.07, 6.45) is 5.55. The minimum Gasteiger partial charge on any atom is -0.461 e. The second-order valence-corrected chi connectivity index (χ2v) is 11.5. The molecule has 0 fully saturated rings. The van der Waals surface area contributed by atoms with Gasteiger partial charge in [-0.25, -0.2) is 0 Å². The molecule has 0 aliphatic heterocycles. The van der Waals surface area contributed by atoms with Crippen molar-refractivity contribution in [2.75, 3.05) is 0 Å². The largest absolute Gasteiger partial charge is 0.461 e. The molecule has 0 amide bonds. The average Bonchev–Trinajstić information content (AvgIpc) is 2.36. The predicted molar refractivity (Wildman–Crippen MR) is 82.8 cm³/mol. The Hall–Kier alpha value is -1.35. The molecular weight excluding hydrogens is 252 g/mol. The normalized spacial score (nSPS) is 11.7. The SMILES string of the molecule is C[Si](C)(C)C/C=C/CCC(=O)OCc1ccccc1. The van der Waals surface area contributed by atoms with E-state index in [0.29, 0.717) is 13.0 Å². The van der Waals surface area contributed by atoms with Crippen molar-refractivity contribution in [1.29, 1.82) is 0 Å². The molecule has 2 nitrogen and oxygen atoms in total. The summed E-state index contributed by atoms with van der Waals surface area (Å²) >= 11 is 0. The first-order valence-electron chi connectivity index (χ1n) is 6.82. The molecule has 0 unspecified atom stereocenters. The van der Waals surface area contributed by atoms with Gasteiger partial charge in [-0.2, -0.15) is 0 Å². The zero-order valence-electron chi connectivity index (χ0n) is 12.2. The topological polar surface area (TPSA) is 26.3 Å². The molecule has 0 bridgehead atoms. The summed E-state index contributed by atoms with van der Waals surface area (Å²) in [5.74, 6) is -0.124. The molecule has 0 atom stereocenters. The number of ether oxygens (including phenoxy) is 1. The molecule has 19 heavy (non-hydrogen) atoms. The summed E-state index contributed by atoms with van der Waals surface area (Å²) in [6, 6.07) is 10.9. The van der Waals surface area contributed by atoms with Gasteiger partial charge in [-0.05, 0) is 18.0 Å². The molecule has 1 aromatic rings. The third-order valence-electron chi connectivity index (χ3n) is 2.65. The summed E-state index contributed by atoms with van der Waals surface area (Å²) in [5.41, 5.74) is 1.03. The zero-order valence-corrected chi connectivity index (χ0v) is 13.2. The number of carbonyl (C=O) groups is 1. The fourth-order valence-corrected chi connectivity index (χ4v) is 2.44. The van der Waals surface area contributed by atoms with Crippen molar-refractivity contribution in [2.45, 2.75) is 45.1 Å². The van der Waals surface area contributed by atoms with Gasteiger partial charge in [0.25, 0.3) is 0 Å². The van der Waals surface area contributed by atoms with Crippen LogP contribution in [-0.2, 0) is 16.1 Å². The van der Waals surface area contributed by atoms with Crippen LogP contribution in [0.1, 0.15) is 18.4 Å². The molecule has 0 aromatic heterocycles. The number of esters is 1. The summed E-state index contributed by atoms with van der Waals surface area (Å²) in [4.78, 5) is 11.5. The zero-order chi connectivity index (χ0) is 14.1. The second kappa shape index (κ2) is 7.95. The lowest BCUT2D eigenvalue weighted by atomic mass is 10.2. The van der Waals surface area contributed by atoms with E-state index >= 15 is 0 Å². The number of allylic oxidation sites excluding steroid dienone is 2. The number of benzene rings is 1. The molecule has 0 saturated carbocycles.